The van der Waals surface area contributed by atoms with E-state index in [1.54, 1.807) is 19.9 Å². The number of Topliss-reactive ketones (excluding diaryl/α,β-unsaturated/α-hetero) is 1. The van der Waals surface area contributed by atoms with Crippen molar-refractivity contribution in [3.63, 3.8) is 0 Å². The third-order valence-corrected chi connectivity index (χ3v) is 12.2. The molecule has 3 saturated carbocycles. The number of rotatable bonds is 2. The predicted octanol–water partition coefficient (Wildman–Crippen LogP) is -0.760. The molecule has 2 aliphatic heterocycles. The van der Waals surface area contributed by atoms with Gasteiger partial charge in [-0.05, 0) is 50.3 Å². The Labute approximate surface area is 253 Å². The molecule has 0 aromatic carbocycles. The van der Waals surface area contributed by atoms with Crippen molar-refractivity contribution in [3.05, 3.63) is 46.0 Å². The van der Waals surface area contributed by atoms with Crippen LogP contribution in [0.3, 0.4) is 0 Å². The number of carbonyl (C=O) groups excluding carboxylic acids is 1. The Morgan fingerprint density at radius 1 is 1.00 bits per heavy atom. The van der Waals surface area contributed by atoms with E-state index >= 15 is 0 Å². The molecular weight excluding hydrogens is 580 g/mol. The Balaban J connectivity index is 1.33. The van der Waals surface area contributed by atoms with E-state index in [1.807, 2.05) is 0 Å². The van der Waals surface area contributed by atoms with E-state index in [0.717, 1.165) is 0 Å². The summed E-state index contributed by atoms with van der Waals surface area (Å²) in [5.41, 5.74) is -6.94. The van der Waals surface area contributed by atoms with Crippen molar-refractivity contribution in [1.29, 1.82) is 0 Å². The first kappa shape index (κ1) is 30.6. The van der Waals surface area contributed by atoms with Crippen LogP contribution in [0.15, 0.2) is 39.3 Å². The van der Waals surface area contributed by atoms with Gasteiger partial charge in [-0.1, -0.05) is 13.0 Å². The van der Waals surface area contributed by atoms with Gasteiger partial charge in [-0.15, -0.1) is 0 Å². The summed E-state index contributed by atoms with van der Waals surface area (Å²) in [6, 6.07) is 2.73. The van der Waals surface area contributed by atoms with Gasteiger partial charge >= 0.3 is 5.63 Å². The molecule has 0 spiro atoms. The van der Waals surface area contributed by atoms with Gasteiger partial charge in [0.25, 0.3) is 0 Å². The highest BCUT2D eigenvalue weighted by molar-refractivity contribution is 5.93. The van der Waals surface area contributed by atoms with Crippen LogP contribution >= 0.6 is 0 Å². The lowest BCUT2D eigenvalue weighted by Gasteiger charge is -2.67. The number of methoxy groups -OCH3 is 1. The monoisotopic (exact) mass is 620 g/mol. The highest BCUT2D eigenvalue weighted by atomic mass is 16.8. The summed E-state index contributed by atoms with van der Waals surface area (Å²) in [7, 11) is 1.28. The lowest BCUT2D eigenvalue weighted by atomic mass is 9.41. The molecule has 7 rings (SSSR count). The van der Waals surface area contributed by atoms with Crippen molar-refractivity contribution in [2.24, 2.45) is 16.7 Å². The summed E-state index contributed by atoms with van der Waals surface area (Å²) < 4.78 is 28.9. The highest BCUT2D eigenvalue weighted by Gasteiger charge is 2.80. The maximum atomic E-state index is 14.3. The molecule has 4 aliphatic carbocycles. The van der Waals surface area contributed by atoms with Gasteiger partial charge in [0.1, 0.15) is 29.5 Å². The van der Waals surface area contributed by atoms with Crippen LogP contribution in [0.2, 0.25) is 0 Å². The number of aliphatic hydroxyl groups is 6. The molecule has 6 aliphatic rings. The lowest BCUT2D eigenvalue weighted by Crippen LogP contribution is -2.80. The van der Waals surface area contributed by atoms with Gasteiger partial charge in [-0.3, -0.25) is 4.79 Å². The zero-order valence-electron chi connectivity index (χ0n) is 25.0. The van der Waals surface area contributed by atoms with Gasteiger partial charge < -0.3 is 54.0 Å². The quantitative estimate of drug-likeness (QED) is 0.225. The zero-order chi connectivity index (χ0) is 31.8. The van der Waals surface area contributed by atoms with Gasteiger partial charge in [-0.25, -0.2) is 4.79 Å². The van der Waals surface area contributed by atoms with Crippen LogP contribution in [0.4, 0.5) is 0 Å². The van der Waals surface area contributed by atoms with Gasteiger partial charge in [0.15, 0.2) is 18.2 Å². The molecule has 15 atom stereocenters. The first-order chi connectivity index (χ1) is 20.6. The van der Waals surface area contributed by atoms with Crippen LogP contribution in [0.25, 0.3) is 0 Å². The average molecular weight is 621 g/mol. The summed E-state index contributed by atoms with van der Waals surface area (Å²) >= 11 is 0. The molecule has 1 aromatic rings. The molecule has 5 fully saturated rings. The molecule has 0 unspecified atom stereocenters. The lowest BCUT2D eigenvalue weighted by molar-refractivity contribution is -0.388. The van der Waals surface area contributed by atoms with Crippen LogP contribution in [0.1, 0.15) is 57.9 Å². The Hall–Kier alpha value is -2.04. The molecule has 3 heterocycles. The molecule has 44 heavy (non-hydrogen) atoms. The van der Waals surface area contributed by atoms with Gasteiger partial charge in [0, 0.05) is 36.8 Å². The summed E-state index contributed by atoms with van der Waals surface area (Å²) in [6.45, 7) is 4.79. The van der Waals surface area contributed by atoms with Crippen LogP contribution < -0.4 is 5.63 Å². The van der Waals surface area contributed by atoms with Crippen LogP contribution in [-0.2, 0) is 23.7 Å². The summed E-state index contributed by atoms with van der Waals surface area (Å²) in [5, 5.41) is 70.9. The van der Waals surface area contributed by atoms with Crippen molar-refractivity contribution in [2.45, 2.75) is 118 Å². The van der Waals surface area contributed by atoms with E-state index in [9.17, 15) is 40.2 Å². The van der Waals surface area contributed by atoms with E-state index in [2.05, 4.69) is 0 Å². The SMILES string of the molecule is CO[C@]12O[C@@H]3C[C@@]4(C)C(=C[C@H]3O[C@H](O[C@@H](C)[C@H]1O)[C@H]2O)[C@H](O)C[C@]1(O)[C@H]4[C@H](O)C(=O)[C@@]2(C)[C@@H](c3ccc(=O)oc3)CC[C@@]21O. The maximum Gasteiger partial charge on any atom is 0.335 e. The largest absolute Gasteiger partial charge is 0.431 e. The normalized spacial score (nSPS) is 54.8. The van der Waals surface area contributed by atoms with Crippen LogP contribution in [0, 0.1) is 16.7 Å². The number of ether oxygens (including phenoxy) is 4. The number of fused-ring (bicyclic) bond motifs is 8. The smallest absolute Gasteiger partial charge is 0.335 e. The van der Waals surface area contributed by atoms with Crippen LogP contribution in [-0.4, -0.2) is 110 Å². The average Bonchev–Trinajstić information content (AvgIpc) is 3.22. The highest BCUT2D eigenvalue weighted by Crippen LogP contribution is 2.70. The Kier molecular flexibility index (Phi) is 6.61. The van der Waals surface area contributed by atoms with E-state index in [1.165, 1.54) is 32.4 Å². The number of aliphatic hydroxyl groups excluding tert-OH is 4. The van der Waals surface area contributed by atoms with Crippen molar-refractivity contribution < 1.29 is 58.8 Å². The molecule has 13 heteroatoms. The first-order valence-electron chi connectivity index (χ1n) is 15.1. The van der Waals surface area contributed by atoms with Crippen molar-refractivity contribution >= 4 is 5.78 Å². The molecule has 1 aromatic heterocycles. The fourth-order valence-electron chi connectivity index (χ4n) is 9.99. The maximum absolute atomic E-state index is 14.3. The fraction of sp³-hybridized carbons (Fsp3) is 0.742. The molecule has 0 amide bonds. The third kappa shape index (κ3) is 3.48. The molecule has 0 radical (unpaired) electrons. The standard InChI is InChI=1S/C31H40O13/c1-13-23(35)31(40-4)25(37)26(42-13)43-18-9-16-17(32)10-29(38)22(27(16,2)11-19(18)44-31)21(34)24(36)28(3)15(7-8-30(28,29)39)14-5-6-20(33)41-12-14/h5-6,9,12-13,15,17-19,21-23,25-26,32,34-35,37-39H,7-8,10-11H2,1-4H3/t13-,15+,17+,18+,19+,21-,22-,23+,25+,26-,27-,28+,29-,30+,31-/m0/s1. The second-order valence-electron chi connectivity index (χ2n) is 14.0. The van der Waals surface area contributed by atoms with Gasteiger partial charge in [0.2, 0.25) is 5.79 Å². The Morgan fingerprint density at radius 3 is 2.39 bits per heavy atom. The van der Waals surface area contributed by atoms with Gasteiger partial charge in [0.05, 0.1) is 30.0 Å². The van der Waals surface area contributed by atoms with E-state index < -0.39 is 100 Å². The zero-order valence-corrected chi connectivity index (χ0v) is 25.0. The molecule has 2 saturated heterocycles. The minimum absolute atomic E-state index is 0.0195. The summed E-state index contributed by atoms with van der Waals surface area (Å²) in [6.07, 6.45) is -7.26. The minimum atomic E-state index is -2.14. The Morgan fingerprint density at radius 2 is 1.73 bits per heavy atom. The molecule has 13 nitrogen and oxygen atoms in total. The number of ketones is 1. The van der Waals surface area contributed by atoms with E-state index in [4.69, 9.17) is 23.4 Å². The molecular formula is C31H40O13. The van der Waals surface area contributed by atoms with E-state index in [0.29, 0.717) is 11.1 Å². The first-order valence-corrected chi connectivity index (χ1v) is 15.1. The second kappa shape index (κ2) is 9.50. The van der Waals surface area contributed by atoms with E-state index in [-0.39, 0.29) is 25.7 Å². The number of hydrogen-bond donors (Lipinski definition) is 6. The van der Waals surface area contributed by atoms with Crippen molar-refractivity contribution in [2.75, 3.05) is 7.11 Å². The third-order valence-electron chi connectivity index (χ3n) is 12.2. The predicted molar refractivity (Wildman–Crippen MR) is 147 cm³/mol. The minimum Gasteiger partial charge on any atom is -0.431 e. The molecule has 6 N–H and O–H groups in total. The second-order valence-corrected chi connectivity index (χ2v) is 14.0. The topological polar surface area (TPSA) is 206 Å². The molecule has 2 bridgehead atoms. The number of carbonyl (C=O) groups is 1. The van der Waals surface area contributed by atoms with Gasteiger partial charge in [-0.2, -0.15) is 0 Å². The van der Waals surface area contributed by atoms with Crippen molar-refractivity contribution in [3.8, 4) is 0 Å². The fourth-order valence-corrected chi connectivity index (χ4v) is 9.99. The summed E-state index contributed by atoms with van der Waals surface area (Å²) in [5.74, 6) is -4.57. The Bertz CT molecular complexity index is 1440. The number of hydrogen-bond acceptors (Lipinski definition) is 13. The summed E-state index contributed by atoms with van der Waals surface area (Å²) in [4.78, 5) is 26.0. The molecule has 242 valence electrons. The van der Waals surface area contributed by atoms with Crippen LogP contribution in [0.5, 0.6) is 0 Å². The van der Waals surface area contributed by atoms with Crippen molar-refractivity contribution in [1.82, 2.24) is 0 Å².